The van der Waals surface area contributed by atoms with Gasteiger partial charge in [-0.1, -0.05) is 6.07 Å². The van der Waals surface area contributed by atoms with Crippen LogP contribution in [-0.2, 0) is 10.0 Å². The fourth-order valence-electron chi connectivity index (χ4n) is 3.72. The van der Waals surface area contributed by atoms with Crippen LogP contribution < -0.4 is 10.9 Å². The summed E-state index contributed by atoms with van der Waals surface area (Å²) >= 11 is 0. The molecule has 0 spiro atoms. The Balaban J connectivity index is 1.94. The lowest BCUT2D eigenvalue weighted by molar-refractivity contribution is 0.353. The second-order valence-corrected chi connectivity index (χ2v) is 8.91. The number of benzene rings is 1. The molecule has 0 radical (unpaired) electrons. The number of pyridine rings is 1. The van der Waals surface area contributed by atoms with E-state index >= 15 is 0 Å². The van der Waals surface area contributed by atoms with Crippen molar-refractivity contribution in [1.82, 2.24) is 14.6 Å². The number of nitrogens with one attached hydrogen (secondary N) is 2. The van der Waals surface area contributed by atoms with Gasteiger partial charge in [0, 0.05) is 36.1 Å². The molecular formula is C18H23N3O3S. The Morgan fingerprint density at radius 2 is 2.04 bits per heavy atom. The molecule has 0 amide bonds. The Hall–Kier alpha value is -1.70. The molecule has 2 heterocycles. The zero-order valence-corrected chi connectivity index (χ0v) is 15.1. The molecule has 2 N–H and O–H groups in total. The molecule has 1 unspecified atom stereocenters. The molecule has 2 aliphatic rings. The lowest BCUT2D eigenvalue weighted by Crippen LogP contribution is -2.41. The lowest BCUT2D eigenvalue weighted by atomic mass is 10.0. The van der Waals surface area contributed by atoms with Crippen molar-refractivity contribution in [3.05, 3.63) is 40.3 Å². The molecule has 6 nitrogen and oxygen atoms in total. The van der Waals surface area contributed by atoms with E-state index in [1.807, 2.05) is 6.92 Å². The van der Waals surface area contributed by atoms with Crippen molar-refractivity contribution in [2.75, 3.05) is 19.6 Å². The van der Waals surface area contributed by atoms with Gasteiger partial charge in [0.2, 0.25) is 10.0 Å². The number of hydrogen-bond acceptors (Lipinski definition) is 4. The molecule has 1 saturated heterocycles. The van der Waals surface area contributed by atoms with Gasteiger partial charge in [-0.05, 0) is 56.3 Å². The van der Waals surface area contributed by atoms with Crippen molar-refractivity contribution in [2.24, 2.45) is 0 Å². The summed E-state index contributed by atoms with van der Waals surface area (Å²) < 4.78 is 28.5. The van der Waals surface area contributed by atoms with Gasteiger partial charge in [-0.2, -0.15) is 4.31 Å². The summed E-state index contributed by atoms with van der Waals surface area (Å²) in [5.41, 5.74) is 0.719. The van der Waals surface area contributed by atoms with Gasteiger partial charge in [0.05, 0.1) is 4.90 Å². The zero-order valence-electron chi connectivity index (χ0n) is 14.3. The summed E-state index contributed by atoms with van der Waals surface area (Å²) in [7, 11) is -3.67. The fraction of sp³-hybridized carbons (Fsp3) is 0.500. The van der Waals surface area contributed by atoms with Crippen LogP contribution in [0.4, 0.5) is 0 Å². The van der Waals surface area contributed by atoms with Gasteiger partial charge < -0.3 is 10.3 Å². The molecule has 134 valence electrons. The topological polar surface area (TPSA) is 82.3 Å². The molecule has 2 aromatic rings. The van der Waals surface area contributed by atoms with Gasteiger partial charge in [0.1, 0.15) is 0 Å². The first kappa shape index (κ1) is 16.8. The number of hydrogen-bond donors (Lipinski definition) is 2. The average Bonchev–Trinajstić information content (AvgIpc) is 3.43. The van der Waals surface area contributed by atoms with Crippen molar-refractivity contribution in [2.45, 2.75) is 43.0 Å². The standard InChI is InChI=1S/C18H23N3O3S/c1-12-10-19-8-3-9-21(12)25(23,24)16-5-2-4-14-17(16)15(13-6-7-13)11-20-18(14)22/h2,4-5,11-13,19H,3,6-10H2,1H3,(H,20,22). The first-order chi connectivity index (χ1) is 12.0. The maximum absolute atomic E-state index is 13.5. The monoisotopic (exact) mass is 361 g/mol. The van der Waals surface area contributed by atoms with E-state index in [4.69, 9.17) is 0 Å². The lowest BCUT2D eigenvalue weighted by Gasteiger charge is -2.27. The maximum Gasteiger partial charge on any atom is 0.255 e. The van der Waals surface area contributed by atoms with E-state index in [0.29, 0.717) is 29.8 Å². The molecule has 25 heavy (non-hydrogen) atoms. The molecular weight excluding hydrogens is 338 g/mol. The Labute approximate surface area is 147 Å². The molecule has 1 aliphatic carbocycles. The quantitative estimate of drug-likeness (QED) is 0.873. The third-order valence-electron chi connectivity index (χ3n) is 5.19. The summed E-state index contributed by atoms with van der Waals surface area (Å²) in [5, 5.41) is 4.35. The van der Waals surface area contributed by atoms with Crippen LogP contribution in [0, 0.1) is 0 Å². The van der Waals surface area contributed by atoms with Crippen LogP contribution in [0.15, 0.2) is 34.1 Å². The largest absolute Gasteiger partial charge is 0.328 e. The molecule has 2 fully saturated rings. The van der Waals surface area contributed by atoms with Gasteiger partial charge in [0.15, 0.2) is 0 Å². The van der Waals surface area contributed by atoms with Crippen LogP contribution in [0.5, 0.6) is 0 Å². The smallest absolute Gasteiger partial charge is 0.255 e. The first-order valence-corrected chi connectivity index (χ1v) is 10.3. The predicted octanol–water partition coefficient (Wildman–Crippen LogP) is 1.78. The number of rotatable bonds is 3. The zero-order chi connectivity index (χ0) is 17.6. The molecule has 1 aromatic carbocycles. The highest BCUT2D eigenvalue weighted by Crippen LogP contribution is 2.44. The number of aromatic nitrogens is 1. The van der Waals surface area contributed by atoms with Crippen molar-refractivity contribution >= 4 is 20.8 Å². The van der Waals surface area contributed by atoms with Crippen LogP contribution in [0.25, 0.3) is 10.8 Å². The normalized spacial score (nSPS) is 22.8. The summed E-state index contributed by atoms with van der Waals surface area (Å²) in [6.45, 7) is 3.88. The van der Waals surface area contributed by atoms with E-state index in [9.17, 15) is 13.2 Å². The van der Waals surface area contributed by atoms with E-state index in [2.05, 4.69) is 10.3 Å². The van der Waals surface area contributed by atoms with Gasteiger partial charge in [0.25, 0.3) is 5.56 Å². The number of H-pyrrole nitrogens is 1. The number of sulfonamides is 1. The third kappa shape index (κ3) is 2.90. The Bertz CT molecular complexity index is 963. The molecule has 1 aliphatic heterocycles. The maximum atomic E-state index is 13.5. The SMILES string of the molecule is CC1CNCCCN1S(=O)(=O)c1cccc2c(=O)[nH]cc(C3CC3)c12. The van der Waals surface area contributed by atoms with Crippen LogP contribution in [0.2, 0.25) is 0 Å². The third-order valence-corrected chi connectivity index (χ3v) is 7.24. The summed E-state index contributed by atoms with van der Waals surface area (Å²) in [4.78, 5) is 15.3. The number of aromatic amines is 1. The minimum atomic E-state index is -3.67. The van der Waals surface area contributed by atoms with Crippen molar-refractivity contribution in [3.8, 4) is 0 Å². The number of nitrogens with zero attached hydrogens (tertiary/aromatic N) is 1. The van der Waals surface area contributed by atoms with Gasteiger partial charge in [-0.3, -0.25) is 4.79 Å². The first-order valence-electron chi connectivity index (χ1n) is 8.87. The molecule has 1 aromatic heterocycles. The van der Waals surface area contributed by atoms with E-state index in [1.165, 1.54) is 0 Å². The highest BCUT2D eigenvalue weighted by molar-refractivity contribution is 7.89. The van der Waals surface area contributed by atoms with Crippen molar-refractivity contribution in [3.63, 3.8) is 0 Å². The molecule has 1 atom stereocenters. The summed E-state index contributed by atoms with van der Waals surface area (Å²) in [5.74, 6) is 0.346. The highest BCUT2D eigenvalue weighted by atomic mass is 32.2. The van der Waals surface area contributed by atoms with E-state index < -0.39 is 10.0 Å². The van der Waals surface area contributed by atoms with Crippen LogP contribution in [0.3, 0.4) is 0 Å². The Morgan fingerprint density at radius 3 is 2.80 bits per heavy atom. The molecule has 4 rings (SSSR count). The van der Waals surface area contributed by atoms with Crippen molar-refractivity contribution < 1.29 is 8.42 Å². The molecule has 1 saturated carbocycles. The summed E-state index contributed by atoms with van der Waals surface area (Å²) in [6, 6.07) is 4.91. The molecule has 0 bridgehead atoms. The fourth-order valence-corrected chi connectivity index (χ4v) is 5.63. The Morgan fingerprint density at radius 1 is 1.24 bits per heavy atom. The highest BCUT2D eigenvalue weighted by Gasteiger charge is 2.34. The minimum Gasteiger partial charge on any atom is -0.328 e. The van der Waals surface area contributed by atoms with E-state index in [-0.39, 0.29) is 16.5 Å². The number of fused-ring (bicyclic) bond motifs is 1. The average molecular weight is 361 g/mol. The minimum absolute atomic E-state index is 0.117. The van der Waals surface area contributed by atoms with Crippen LogP contribution >= 0.6 is 0 Å². The van der Waals surface area contributed by atoms with E-state index in [0.717, 1.165) is 31.4 Å². The van der Waals surface area contributed by atoms with Crippen LogP contribution in [-0.4, -0.2) is 43.4 Å². The van der Waals surface area contributed by atoms with Crippen LogP contribution in [0.1, 0.15) is 37.7 Å². The summed E-state index contributed by atoms with van der Waals surface area (Å²) in [6.07, 6.45) is 4.57. The van der Waals surface area contributed by atoms with E-state index in [1.54, 1.807) is 28.7 Å². The second-order valence-electron chi connectivity index (χ2n) is 7.05. The van der Waals surface area contributed by atoms with Gasteiger partial charge in [-0.25, -0.2) is 8.42 Å². The van der Waals surface area contributed by atoms with Crippen molar-refractivity contribution in [1.29, 1.82) is 0 Å². The molecule has 7 heteroatoms. The second kappa shape index (κ2) is 6.23. The van der Waals surface area contributed by atoms with Gasteiger partial charge in [-0.15, -0.1) is 0 Å². The predicted molar refractivity (Wildman–Crippen MR) is 97.4 cm³/mol. The van der Waals surface area contributed by atoms with Gasteiger partial charge >= 0.3 is 0 Å². The Kier molecular flexibility index (Phi) is 4.17.